The van der Waals surface area contributed by atoms with Crippen LogP contribution in [0, 0.1) is 0 Å². The average molecular weight is 324 g/mol. The fourth-order valence-corrected chi connectivity index (χ4v) is 2.97. The summed E-state index contributed by atoms with van der Waals surface area (Å²) < 4.78 is 0. The first kappa shape index (κ1) is 16.5. The molecular weight excluding hydrogens is 300 g/mol. The molecule has 1 aliphatic rings. The van der Waals surface area contributed by atoms with E-state index in [2.05, 4.69) is 39.4 Å². The molecule has 0 atom stereocenters. The number of hydrogen-bond acceptors (Lipinski definition) is 4. The summed E-state index contributed by atoms with van der Waals surface area (Å²) in [5, 5.41) is 2.91. The highest BCUT2D eigenvalue weighted by Gasteiger charge is 2.19. The van der Waals surface area contributed by atoms with Crippen LogP contribution in [-0.2, 0) is 11.3 Å². The Hall–Kier alpha value is -2.37. The Bertz CT molecular complexity index is 666. The van der Waals surface area contributed by atoms with Gasteiger partial charge in [-0.2, -0.15) is 0 Å². The lowest BCUT2D eigenvalue weighted by atomic mass is 10.2. The number of nitrogen functional groups attached to an aromatic ring is 1. The minimum Gasteiger partial charge on any atom is -0.399 e. The predicted molar refractivity (Wildman–Crippen MR) is 97.6 cm³/mol. The number of benzene rings is 2. The summed E-state index contributed by atoms with van der Waals surface area (Å²) in [7, 11) is 0. The molecule has 3 N–H and O–H groups in total. The van der Waals surface area contributed by atoms with Gasteiger partial charge in [0.15, 0.2) is 0 Å². The van der Waals surface area contributed by atoms with Gasteiger partial charge in [-0.25, -0.2) is 0 Å². The molecular formula is C19H24N4O. The Morgan fingerprint density at radius 1 is 0.958 bits per heavy atom. The Kier molecular flexibility index (Phi) is 5.46. The standard InChI is InChI=1S/C19H24N4O/c20-17-7-4-8-18(13-17)21-19(24)15-23-11-9-22(10-12-23)14-16-5-2-1-3-6-16/h1-8,13H,9-12,14-15,20H2,(H,21,24). The van der Waals surface area contributed by atoms with Crippen LogP contribution >= 0.6 is 0 Å². The van der Waals surface area contributed by atoms with Crippen molar-refractivity contribution in [3.05, 3.63) is 60.2 Å². The number of nitrogens with two attached hydrogens (primary N) is 1. The summed E-state index contributed by atoms with van der Waals surface area (Å²) in [6.45, 7) is 5.20. The van der Waals surface area contributed by atoms with E-state index >= 15 is 0 Å². The van der Waals surface area contributed by atoms with Gasteiger partial charge < -0.3 is 11.1 Å². The van der Waals surface area contributed by atoms with Crippen LogP contribution in [0.5, 0.6) is 0 Å². The van der Waals surface area contributed by atoms with Gasteiger partial charge in [-0.15, -0.1) is 0 Å². The molecule has 1 amide bonds. The second-order valence-electron chi connectivity index (χ2n) is 6.21. The first-order valence-electron chi connectivity index (χ1n) is 8.33. The molecule has 0 saturated carbocycles. The van der Waals surface area contributed by atoms with E-state index in [0.29, 0.717) is 12.2 Å². The van der Waals surface area contributed by atoms with E-state index in [1.165, 1.54) is 5.56 Å². The summed E-state index contributed by atoms with van der Waals surface area (Å²) in [6.07, 6.45) is 0. The lowest BCUT2D eigenvalue weighted by Crippen LogP contribution is -2.48. The summed E-state index contributed by atoms with van der Waals surface area (Å²) in [6, 6.07) is 17.8. The highest BCUT2D eigenvalue weighted by molar-refractivity contribution is 5.92. The summed E-state index contributed by atoms with van der Waals surface area (Å²) >= 11 is 0. The smallest absolute Gasteiger partial charge is 0.238 e. The fourth-order valence-electron chi connectivity index (χ4n) is 2.97. The van der Waals surface area contributed by atoms with Crippen molar-refractivity contribution in [2.24, 2.45) is 0 Å². The van der Waals surface area contributed by atoms with E-state index in [1.807, 2.05) is 24.3 Å². The maximum absolute atomic E-state index is 12.2. The highest BCUT2D eigenvalue weighted by atomic mass is 16.2. The number of rotatable bonds is 5. The Balaban J connectivity index is 1.42. The van der Waals surface area contributed by atoms with E-state index in [-0.39, 0.29) is 5.91 Å². The SMILES string of the molecule is Nc1cccc(NC(=O)CN2CCN(Cc3ccccc3)CC2)c1. The molecule has 5 nitrogen and oxygen atoms in total. The van der Waals surface area contributed by atoms with Gasteiger partial charge in [0, 0.05) is 44.1 Å². The van der Waals surface area contributed by atoms with Gasteiger partial charge in [-0.05, 0) is 23.8 Å². The van der Waals surface area contributed by atoms with Crippen LogP contribution in [0.2, 0.25) is 0 Å². The Morgan fingerprint density at radius 2 is 1.67 bits per heavy atom. The van der Waals surface area contributed by atoms with Crippen molar-refractivity contribution in [2.75, 3.05) is 43.8 Å². The lowest BCUT2D eigenvalue weighted by molar-refractivity contribution is -0.117. The zero-order valence-electron chi connectivity index (χ0n) is 13.8. The van der Waals surface area contributed by atoms with Gasteiger partial charge in [0.05, 0.1) is 6.54 Å². The van der Waals surface area contributed by atoms with Crippen molar-refractivity contribution in [2.45, 2.75) is 6.54 Å². The molecule has 126 valence electrons. The quantitative estimate of drug-likeness (QED) is 0.826. The molecule has 0 aromatic heterocycles. The number of carbonyl (C=O) groups is 1. The molecule has 0 aliphatic carbocycles. The molecule has 1 aliphatic heterocycles. The van der Waals surface area contributed by atoms with Crippen LogP contribution in [0.25, 0.3) is 0 Å². The van der Waals surface area contributed by atoms with Crippen molar-refractivity contribution < 1.29 is 4.79 Å². The molecule has 2 aromatic carbocycles. The summed E-state index contributed by atoms with van der Waals surface area (Å²) in [5.41, 5.74) is 8.48. The molecule has 2 aromatic rings. The van der Waals surface area contributed by atoms with Gasteiger partial charge in [0.2, 0.25) is 5.91 Å². The number of nitrogens with zero attached hydrogens (tertiary/aromatic N) is 2. The van der Waals surface area contributed by atoms with E-state index in [9.17, 15) is 4.79 Å². The third-order valence-corrected chi connectivity index (χ3v) is 4.25. The van der Waals surface area contributed by atoms with E-state index in [4.69, 9.17) is 5.73 Å². The van der Waals surface area contributed by atoms with Gasteiger partial charge in [0.1, 0.15) is 0 Å². The second-order valence-corrected chi connectivity index (χ2v) is 6.21. The van der Waals surface area contributed by atoms with Crippen molar-refractivity contribution >= 4 is 17.3 Å². The van der Waals surface area contributed by atoms with Crippen LogP contribution in [0.4, 0.5) is 11.4 Å². The molecule has 0 spiro atoms. The van der Waals surface area contributed by atoms with Gasteiger partial charge in [0.25, 0.3) is 0 Å². The van der Waals surface area contributed by atoms with Crippen LogP contribution in [0.1, 0.15) is 5.56 Å². The van der Waals surface area contributed by atoms with Crippen LogP contribution < -0.4 is 11.1 Å². The third kappa shape index (κ3) is 4.81. The van der Waals surface area contributed by atoms with Crippen molar-refractivity contribution in [3.63, 3.8) is 0 Å². The zero-order valence-corrected chi connectivity index (χ0v) is 13.8. The van der Waals surface area contributed by atoms with Gasteiger partial charge in [-0.1, -0.05) is 36.4 Å². The molecule has 5 heteroatoms. The monoisotopic (exact) mass is 324 g/mol. The predicted octanol–water partition coefficient (Wildman–Crippen LogP) is 2.03. The van der Waals surface area contributed by atoms with Crippen molar-refractivity contribution in [1.82, 2.24) is 9.80 Å². The topological polar surface area (TPSA) is 61.6 Å². The zero-order chi connectivity index (χ0) is 16.8. The summed E-state index contributed by atoms with van der Waals surface area (Å²) in [5.74, 6) is 0.0112. The number of carbonyl (C=O) groups excluding carboxylic acids is 1. The van der Waals surface area contributed by atoms with E-state index in [0.717, 1.165) is 38.4 Å². The van der Waals surface area contributed by atoms with Crippen LogP contribution in [0.15, 0.2) is 54.6 Å². The number of anilines is 2. The number of amides is 1. The third-order valence-electron chi connectivity index (χ3n) is 4.25. The minimum atomic E-state index is 0.0112. The van der Waals surface area contributed by atoms with Crippen LogP contribution in [0.3, 0.4) is 0 Å². The lowest BCUT2D eigenvalue weighted by Gasteiger charge is -2.34. The molecule has 0 bridgehead atoms. The molecule has 3 rings (SSSR count). The maximum Gasteiger partial charge on any atom is 0.238 e. The van der Waals surface area contributed by atoms with E-state index < -0.39 is 0 Å². The molecule has 0 radical (unpaired) electrons. The van der Waals surface area contributed by atoms with E-state index in [1.54, 1.807) is 6.07 Å². The molecule has 0 unspecified atom stereocenters. The number of nitrogens with one attached hydrogen (secondary N) is 1. The average Bonchev–Trinajstić information content (AvgIpc) is 2.57. The largest absolute Gasteiger partial charge is 0.399 e. The maximum atomic E-state index is 12.2. The number of hydrogen-bond donors (Lipinski definition) is 2. The van der Waals surface area contributed by atoms with Gasteiger partial charge >= 0.3 is 0 Å². The molecule has 24 heavy (non-hydrogen) atoms. The number of piperazine rings is 1. The molecule has 1 heterocycles. The Morgan fingerprint density at radius 3 is 2.38 bits per heavy atom. The van der Waals surface area contributed by atoms with Gasteiger partial charge in [-0.3, -0.25) is 14.6 Å². The Labute approximate surface area is 143 Å². The normalized spacial score (nSPS) is 16.0. The van der Waals surface area contributed by atoms with Crippen molar-refractivity contribution in [1.29, 1.82) is 0 Å². The van der Waals surface area contributed by atoms with Crippen LogP contribution in [-0.4, -0.2) is 48.4 Å². The second kappa shape index (κ2) is 7.95. The fraction of sp³-hybridized carbons (Fsp3) is 0.316. The van der Waals surface area contributed by atoms with Crippen molar-refractivity contribution in [3.8, 4) is 0 Å². The first-order valence-corrected chi connectivity index (χ1v) is 8.33. The molecule has 1 fully saturated rings. The highest BCUT2D eigenvalue weighted by Crippen LogP contribution is 2.12. The summed E-state index contributed by atoms with van der Waals surface area (Å²) in [4.78, 5) is 16.8. The minimum absolute atomic E-state index is 0.0112. The molecule has 1 saturated heterocycles. The first-order chi connectivity index (χ1) is 11.7.